The fourth-order valence-corrected chi connectivity index (χ4v) is 4.31. The van der Waals surface area contributed by atoms with Gasteiger partial charge in [-0.05, 0) is 37.3 Å². The van der Waals surface area contributed by atoms with Gasteiger partial charge in [-0.2, -0.15) is 0 Å². The van der Waals surface area contributed by atoms with Gasteiger partial charge >= 0.3 is 0 Å². The van der Waals surface area contributed by atoms with E-state index in [-0.39, 0.29) is 23.5 Å². The van der Waals surface area contributed by atoms with Crippen molar-refractivity contribution in [1.29, 1.82) is 0 Å². The van der Waals surface area contributed by atoms with Gasteiger partial charge in [0.25, 0.3) is 0 Å². The Morgan fingerprint density at radius 3 is 2.44 bits per heavy atom. The summed E-state index contributed by atoms with van der Waals surface area (Å²) in [4.78, 5) is 12.6. The van der Waals surface area contributed by atoms with E-state index in [0.717, 1.165) is 27.6 Å². The number of hydrogen-bond acceptors (Lipinski definition) is 5. The fraction of sp³-hybridized carbons (Fsp3) is 0.160. The predicted molar refractivity (Wildman–Crippen MR) is 125 cm³/mol. The summed E-state index contributed by atoms with van der Waals surface area (Å²) in [6, 6.07) is 21.4. The van der Waals surface area contributed by atoms with E-state index in [1.54, 1.807) is 19.2 Å². The maximum atomic E-state index is 13.3. The first-order chi connectivity index (χ1) is 15.6. The SMILES string of the molecule is COc1ccccc1C(C)NC(=O)CSc1nnc(-c2ccc(F)cc2)c2ccccc12. The van der Waals surface area contributed by atoms with Gasteiger partial charge in [0.2, 0.25) is 5.91 Å². The Hall–Kier alpha value is -3.45. The standard InChI is InChI=1S/C25H22FN3O2S/c1-16(19-7-5-6-10-22(19)31-2)27-23(30)15-32-25-21-9-4-3-8-20(21)24(28-29-25)17-11-13-18(26)14-12-17/h3-14,16H,15H2,1-2H3,(H,27,30). The van der Waals surface area contributed by atoms with Crippen molar-refractivity contribution < 1.29 is 13.9 Å². The second-order valence-electron chi connectivity index (χ2n) is 7.23. The van der Waals surface area contributed by atoms with E-state index in [2.05, 4.69) is 15.5 Å². The molecule has 4 aromatic rings. The molecule has 32 heavy (non-hydrogen) atoms. The largest absolute Gasteiger partial charge is 0.496 e. The van der Waals surface area contributed by atoms with Crippen LogP contribution in [0.5, 0.6) is 5.75 Å². The second kappa shape index (κ2) is 9.78. The topological polar surface area (TPSA) is 64.1 Å². The normalized spacial score (nSPS) is 11.8. The number of aromatic nitrogens is 2. The van der Waals surface area contributed by atoms with Gasteiger partial charge in [-0.1, -0.05) is 54.2 Å². The smallest absolute Gasteiger partial charge is 0.230 e. The molecule has 1 amide bonds. The first-order valence-corrected chi connectivity index (χ1v) is 11.1. The maximum Gasteiger partial charge on any atom is 0.230 e. The molecule has 0 bridgehead atoms. The van der Waals surface area contributed by atoms with Crippen molar-refractivity contribution in [2.24, 2.45) is 0 Å². The highest BCUT2D eigenvalue weighted by Gasteiger charge is 2.16. The molecule has 1 aromatic heterocycles. The molecule has 0 aliphatic heterocycles. The van der Waals surface area contributed by atoms with Gasteiger partial charge in [0, 0.05) is 21.9 Å². The van der Waals surface area contributed by atoms with Crippen LogP contribution in [-0.4, -0.2) is 29.0 Å². The van der Waals surface area contributed by atoms with Crippen molar-refractivity contribution in [3.05, 3.63) is 84.2 Å². The molecule has 1 unspecified atom stereocenters. The minimum atomic E-state index is -0.299. The molecule has 3 aromatic carbocycles. The van der Waals surface area contributed by atoms with Gasteiger partial charge in [-0.3, -0.25) is 4.79 Å². The minimum Gasteiger partial charge on any atom is -0.496 e. The van der Waals surface area contributed by atoms with Crippen LogP contribution in [0.25, 0.3) is 22.0 Å². The minimum absolute atomic E-state index is 0.109. The molecule has 1 N–H and O–H groups in total. The number of carbonyl (C=O) groups excluding carboxylic acids is 1. The quantitative estimate of drug-likeness (QED) is 0.384. The third-order valence-electron chi connectivity index (χ3n) is 5.09. The summed E-state index contributed by atoms with van der Waals surface area (Å²) in [6.07, 6.45) is 0. The molecule has 1 heterocycles. The van der Waals surface area contributed by atoms with Gasteiger partial charge in [0.05, 0.1) is 18.9 Å². The van der Waals surface area contributed by atoms with E-state index in [9.17, 15) is 9.18 Å². The van der Waals surface area contributed by atoms with Crippen molar-refractivity contribution >= 4 is 28.4 Å². The monoisotopic (exact) mass is 447 g/mol. The van der Waals surface area contributed by atoms with Crippen LogP contribution in [0.4, 0.5) is 4.39 Å². The molecule has 0 saturated heterocycles. The zero-order valence-electron chi connectivity index (χ0n) is 17.7. The second-order valence-corrected chi connectivity index (χ2v) is 8.19. The molecule has 5 nitrogen and oxygen atoms in total. The van der Waals surface area contributed by atoms with Crippen molar-refractivity contribution in [3.8, 4) is 17.0 Å². The lowest BCUT2D eigenvalue weighted by Crippen LogP contribution is -2.28. The number of thioether (sulfide) groups is 1. The summed E-state index contributed by atoms with van der Waals surface area (Å²) in [6.45, 7) is 1.92. The molecule has 0 saturated carbocycles. The zero-order chi connectivity index (χ0) is 22.5. The highest BCUT2D eigenvalue weighted by Crippen LogP contribution is 2.32. The Labute approximate surface area is 190 Å². The Morgan fingerprint density at radius 1 is 1.00 bits per heavy atom. The number of fused-ring (bicyclic) bond motifs is 1. The number of halogens is 1. The van der Waals surface area contributed by atoms with Gasteiger partial charge in [-0.15, -0.1) is 10.2 Å². The molecule has 0 radical (unpaired) electrons. The van der Waals surface area contributed by atoms with Crippen LogP contribution in [0, 0.1) is 5.82 Å². The van der Waals surface area contributed by atoms with Crippen molar-refractivity contribution in [2.75, 3.05) is 12.9 Å². The first-order valence-electron chi connectivity index (χ1n) is 10.1. The van der Waals surface area contributed by atoms with Crippen LogP contribution in [-0.2, 0) is 4.79 Å². The number of nitrogens with zero attached hydrogens (tertiary/aromatic N) is 2. The summed E-state index contributed by atoms with van der Waals surface area (Å²) in [5.41, 5.74) is 2.39. The third kappa shape index (κ3) is 4.73. The number of benzene rings is 3. The van der Waals surface area contributed by atoms with Gasteiger partial charge in [0.15, 0.2) is 0 Å². The fourth-order valence-electron chi connectivity index (χ4n) is 3.53. The van der Waals surface area contributed by atoms with Gasteiger partial charge in [-0.25, -0.2) is 4.39 Å². The van der Waals surface area contributed by atoms with Crippen LogP contribution < -0.4 is 10.1 Å². The van der Waals surface area contributed by atoms with E-state index < -0.39 is 0 Å². The number of rotatable bonds is 7. The molecular formula is C25H22FN3O2S. The van der Waals surface area contributed by atoms with Crippen LogP contribution >= 0.6 is 11.8 Å². The highest BCUT2D eigenvalue weighted by atomic mass is 32.2. The lowest BCUT2D eigenvalue weighted by atomic mass is 10.1. The van der Waals surface area contributed by atoms with Gasteiger partial charge < -0.3 is 10.1 Å². The highest BCUT2D eigenvalue weighted by molar-refractivity contribution is 8.00. The van der Waals surface area contributed by atoms with Gasteiger partial charge in [0.1, 0.15) is 22.3 Å². The summed E-state index contributed by atoms with van der Waals surface area (Å²) in [5, 5.41) is 14.2. The number of hydrogen-bond donors (Lipinski definition) is 1. The molecule has 1 atom stereocenters. The van der Waals surface area contributed by atoms with Crippen molar-refractivity contribution in [2.45, 2.75) is 18.0 Å². The molecule has 0 spiro atoms. The number of methoxy groups -OCH3 is 1. The Morgan fingerprint density at radius 2 is 1.69 bits per heavy atom. The Bertz CT molecular complexity index is 1250. The summed E-state index contributed by atoms with van der Waals surface area (Å²) >= 11 is 1.33. The van der Waals surface area contributed by atoms with E-state index in [0.29, 0.717) is 10.7 Å². The maximum absolute atomic E-state index is 13.3. The zero-order valence-corrected chi connectivity index (χ0v) is 18.5. The molecule has 0 aliphatic rings. The molecule has 0 fully saturated rings. The number of amides is 1. The van der Waals surface area contributed by atoms with Crippen molar-refractivity contribution in [3.63, 3.8) is 0 Å². The molecule has 0 aliphatic carbocycles. The lowest BCUT2D eigenvalue weighted by molar-refractivity contribution is -0.119. The van der Waals surface area contributed by atoms with E-state index in [1.807, 2.05) is 55.5 Å². The van der Waals surface area contributed by atoms with E-state index in [4.69, 9.17) is 4.74 Å². The van der Waals surface area contributed by atoms with Crippen molar-refractivity contribution in [1.82, 2.24) is 15.5 Å². The molecule has 162 valence electrons. The number of carbonyl (C=O) groups is 1. The van der Waals surface area contributed by atoms with E-state index in [1.165, 1.54) is 23.9 Å². The summed E-state index contributed by atoms with van der Waals surface area (Å²) < 4.78 is 18.7. The van der Waals surface area contributed by atoms with Crippen LogP contribution in [0.2, 0.25) is 0 Å². The molecular weight excluding hydrogens is 425 g/mol. The van der Waals surface area contributed by atoms with Crippen LogP contribution in [0.3, 0.4) is 0 Å². The van der Waals surface area contributed by atoms with E-state index >= 15 is 0 Å². The van der Waals surface area contributed by atoms with Crippen LogP contribution in [0.1, 0.15) is 18.5 Å². The summed E-state index contributed by atoms with van der Waals surface area (Å²) in [7, 11) is 1.61. The lowest BCUT2D eigenvalue weighted by Gasteiger charge is -2.17. The average Bonchev–Trinajstić information content (AvgIpc) is 2.83. The number of nitrogens with one attached hydrogen (secondary N) is 1. The molecule has 7 heteroatoms. The number of para-hydroxylation sites is 1. The molecule has 4 rings (SSSR count). The Balaban J connectivity index is 1.51. The predicted octanol–water partition coefficient (Wildman–Crippen LogP) is 5.41. The Kier molecular flexibility index (Phi) is 6.66. The average molecular weight is 448 g/mol. The van der Waals surface area contributed by atoms with Crippen LogP contribution in [0.15, 0.2) is 77.8 Å². The third-order valence-corrected chi connectivity index (χ3v) is 6.08. The first kappa shape index (κ1) is 21.8. The summed E-state index contributed by atoms with van der Waals surface area (Å²) in [5.74, 6) is 0.531. The number of ether oxygens (including phenoxy) is 1.